The fourth-order valence-corrected chi connectivity index (χ4v) is 2.58. The highest BCUT2D eigenvalue weighted by atomic mass is 16.3. The molecule has 0 unspecified atom stereocenters. The van der Waals surface area contributed by atoms with Crippen LogP contribution in [0.25, 0.3) is 0 Å². The number of furan rings is 1. The number of rotatable bonds is 5. The highest BCUT2D eigenvalue weighted by Crippen LogP contribution is 2.23. The van der Waals surface area contributed by atoms with Crippen LogP contribution in [0.15, 0.2) is 40.8 Å². The van der Waals surface area contributed by atoms with Crippen molar-refractivity contribution in [2.24, 2.45) is 0 Å². The number of aryl methyl sites for hydroxylation is 1. The average Bonchev–Trinajstić information content (AvgIpc) is 3.14. The Balaban J connectivity index is 1.60. The quantitative estimate of drug-likeness (QED) is 0.912. The van der Waals surface area contributed by atoms with Gasteiger partial charge in [-0.3, -0.25) is 4.79 Å². The van der Waals surface area contributed by atoms with Gasteiger partial charge in [-0.25, -0.2) is 0 Å². The van der Waals surface area contributed by atoms with Crippen LogP contribution in [0.2, 0.25) is 0 Å². The number of nitrogens with one attached hydrogen (secondary N) is 1. The fraction of sp³-hybridized carbons (Fsp3) is 0.353. The second-order valence-corrected chi connectivity index (χ2v) is 5.27. The molecule has 0 spiro atoms. The third-order valence-corrected chi connectivity index (χ3v) is 3.78. The molecule has 0 atom stereocenters. The summed E-state index contributed by atoms with van der Waals surface area (Å²) in [4.78, 5) is 13.6. The molecule has 4 nitrogen and oxygen atoms in total. The largest absolute Gasteiger partial charge is 0.464 e. The Morgan fingerprint density at radius 1 is 1.14 bits per heavy atom. The van der Waals surface area contributed by atoms with Crippen molar-refractivity contribution in [1.82, 2.24) is 0 Å². The molecule has 21 heavy (non-hydrogen) atoms. The lowest BCUT2D eigenvalue weighted by Gasteiger charge is -2.16. The lowest BCUT2D eigenvalue weighted by Crippen LogP contribution is -2.23. The SMILES string of the molecule is CCc1ccc(CNc2ccc(N3CCCC3=O)cc2)o1. The minimum absolute atomic E-state index is 0.221. The Morgan fingerprint density at radius 2 is 1.90 bits per heavy atom. The number of anilines is 2. The van der Waals surface area contributed by atoms with E-state index >= 15 is 0 Å². The molecule has 2 heterocycles. The van der Waals surface area contributed by atoms with E-state index in [4.69, 9.17) is 4.42 Å². The molecule has 0 aliphatic carbocycles. The third-order valence-electron chi connectivity index (χ3n) is 3.78. The zero-order valence-corrected chi connectivity index (χ0v) is 12.3. The number of hydrogen-bond donors (Lipinski definition) is 1. The number of carbonyl (C=O) groups is 1. The van der Waals surface area contributed by atoms with Gasteiger partial charge in [0.15, 0.2) is 0 Å². The van der Waals surface area contributed by atoms with E-state index in [9.17, 15) is 4.79 Å². The topological polar surface area (TPSA) is 45.5 Å². The highest BCUT2D eigenvalue weighted by molar-refractivity contribution is 5.95. The van der Waals surface area contributed by atoms with Crippen molar-refractivity contribution < 1.29 is 9.21 Å². The van der Waals surface area contributed by atoms with Crippen LogP contribution in [0.5, 0.6) is 0 Å². The van der Waals surface area contributed by atoms with Crippen molar-refractivity contribution in [3.63, 3.8) is 0 Å². The monoisotopic (exact) mass is 284 g/mol. The normalized spacial score (nSPS) is 14.7. The second-order valence-electron chi connectivity index (χ2n) is 5.27. The summed E-state index contributed by atoms with van der Waals surface area (Å²) < 4.78 is 5.66. The Kier molecular flexibility index (Phi) is 3.95. The standard InChI is InChI=1S/C17H20N2O2/c1-2-15-9-10-16(21-15)12-18-13-5-7-14(8-6-13)19-11-3-4-17(19)20/h5-10,18H,2-4,11-12H2,1H3. The maximum Gasteiger partial charge on any atom is 0.227 e. The molecular formula is C17H20N2O2. The van der Waals surface area contributed by atoms with Crippen LogP contribution >= 0.6 is 0 Å². The van der Waals surface area contributed by atoms with Crippen LogP contribution in [-0.2, 0) is 17.8 Å². The average molecular weight is 284 g/mol. The molecule has 1 aromatic carbocycles. The number of hydrogen-bond acceptors (Lipinski definition) is 3. The van der Waals surface area contributed by atoms with Gasteiger partial charge < -0.3 is 14.6 Å². The second kappa shape index (κ2) is 6.04. The van der Waals surface area contributed by atoms with Gasteiger partial charge in [-0.05, 0) is 42.8 Å². The lowest BCUT2D eigenvalue weighted by atomic mass is 10.2. The minimum Gasteiger partial charge on any atom is -0.464 e. The van der Waals surface area contributed by atoms with Crippen molar-refractivity contribution in [2.75, 3.05) is 16.8 Å². The van der Waals surface area contributed by atoms with Gasteiger partial charge in [-0.2, -0.15) is 0 Å². The van der Waals surface area contributed by atoms with Gasteiger partial charge >= 0.3 is 0 Å². The van der Waals surface area contributed by atoms with Crippen molar-refractivity contribution in [3.05, 3.63) is 47.9 Å². The van der Waals surface area contributed by atoms with Gasteiger partial charge in [0.25, 0.3) is 0 Å². The zero-order valence-electron chi connectivity index (χ0n) is 12.3. The van der Waals surface area contributed by atoms with Gasteiger partial charge in [-0.15, -0.1) is 0 Å². The minimum atomic E-state index is 0.221. The summed E-state index contributed by atoms with van der Waals surface area (Å²) in [6.07, 6.45) is 2.54. The summed E-state index contributed by atoms with van der Waals surface area (Å²) in [6.45, 7) is 3.58. The van der Waals surface area contributed by atoms with E-state index in [1.165, 1.54) is 0 Å². The van der Waals surface area contributed by atoms with Gasteiger partial charge in [0.2, 0.25) is 5.91 Å². The number of amides is 1. The number of nitrogens with zero attached hydrogens (tertiary/aromatic N) is 1. The van der Waals surface area contributed by atoms with Gasteiger partial charge in [0, 0.05) is 30.8 Å². The van der Waals surface area contributed by atoms with E-state index in [-0.39, 0.29) is 5.91 Å². The molecule has 2 aromatic rings. The highest BCUT2D eigenvalue weighted by Gasteiger charge is 2.21. The Hall–Kier alpha value is -2.23. The van der Waals surface area contributed by atoms with Crippen LogP contribution in [0.4, 0.5) is 11.4 Å². The van der Waals surface area contributed by atoms with Gasteiger partial charge in [0.1, 0.15) is 11.5 Å². The van der Waals surface area contributed by atoms with Crippen LogP contribution < -0.4 is 10.2 Å². The molecule has 1 fully saturated rings. The van der Waals surface area contributed by atoms with Crippen LogP contribution in [0.1, 0.15) is 31.3 Å². The predicted molar refractivity (Wildman–Crippen MR) is 83.4 cm³/mol. The Labute approximate surface area is 124 Å². The summed E-state index contributed by atoms with van der Waals surface area (Å²) in [5.41, 5.74) is 2.01. The van der Waals surface area contributed by atoms with Crippen molar-refractivity contribution in [3.8, 4) is 0 Å². The first-order valence-electron chi connectivity index (χ1n) is 7.48. The number of benzene rings is 1. The number of carbonyl (C=O) groups excluding carboxylic acids is 1. The first-order valence-corrected chi connectivity index (χ1v) is 7.48. The van der Waals surface area contributed by atoms with E-state index in [0.717, 1.165) is 42.3 Å². The molecule has 3 rings (SSSR count). The van der Waals surface area contributed by atoms with E-state index in [0.29, 0.717) is 13.0 Å². The summed E-state index contributed by atoms with van der Waals surface area (Å²) in [6, 6.07) is 12.0. The molecule has 0 bridgehead atoms. The molecule has 1 amide bonds. The van der Waals surface area contributed by atoms with Gasteiger partial charge in [0.05, 0.1) is 6.54 Å². The Bertz CT molecular complexity index is 616. The van der Waals surface area contributed by atoms with Crippen LogP contribution in [0.3, 0.4) is 0 Å². The molecule has 1 aromatic heterocycles. The molecule has 0 saturated carbocycles. The molecule has 0 radical (unpaired) electrons. The van der Waals surface area contributed by atoms with Crippen LogP contribution in [-0.4, -0.2) is 12.5 Å². The van der Waals surface area contributed by atoms with Crippen LogP contribution in [0, 0.1) is 0 Å². The fourth-order valence-electron chi connectivity index (χ4n) is 2.58. The van der Waals surface area contributed by atoms with E-state index < -0.39 is 0 Å². The first-order chi connectivity index (χ1) is 10.3. The molecule has 1 saturated heterocycles. The van der Waals surface area contributed by atoms with Crippen molar-refractivity contribution in [1.29, 1.82) is 0 Å². The summed E-state index contributed by atoms with van der Waals surface area (Å²) >= 11 is 0. The summed E-state index contributed by atoms with van der Waals surface area (Å²) in [7, 11) is 0. The maximum absolute atomic E-state index is 11.7. The Morgan fingerprint density at radius 3 is 2.52 bits per heavy atom. The zero-order chi connectivity index (χ0) is 14.7. The summed E-state index contributed by atoms with van der Waals surface area (Å²) in [5.74, 6) is 2.17. The first kappa shape index (κ1) is 13.7. The smallest absolute Gasteiger partial charge is 0.227 e. The summed E-state index contributed by atoms with van der Waals surface area (Å²) in [5, 5.41) is 3.33. The van der Waals surface area contributed by atoms with E-state index in [1.54, 1.807) is 0 Å². The van der Waals surface area contributed by atoms with Crippen molar-refractivity contribution >= 4 is 17.3 Å². The van der Waals surface area contributed by atoms with Gasteiger partial charge in [-0.1, -0.05) is 6.92 Å². The van der Waals surface area contributed by atoms with Crippen molar-refractivity contribution in [2.45, 2.75) is 32.7 Å². The molecular weight excluding hydrogens is 264 g/mol. The lowest BCUT2D eigenvalue weighted by molar-refractivity contribution is -0.117. The van der Waals surface area contributed by atoms with E-state index in [2.05, 4.69) is 12.2 Å². The molecule has 1 aliphatic heterocycles. The third kappa shape index (κ3) is 3.10. The predicted octanol–water partition coefficient (Wildman–Crippen LogP) is 3.58. The molecule has 4 heteroatoms. The molecule has 1 aliphatic rings. The molecule has 110 valence electrons. The molecule has 1 N–H and O–H groups in total. The maximum atomic E-state index is 11.7. The van der Waals surface area contributed by atoms with E-state index in [1.807, 2.05) is 41.3 Å².